The van der Waals surface area contributed by atoms with Crippen LogP contribution in [-0.2, 0) is 37.2 Å². The maximum absolute atomic E-state index is 15.2. The van der Waals surface area contributed by atoms with E-state index in [0.717, 1.165) is 5.56 Å². The Morgan fingerprint density at radius 1 is 0.891 bits per heavy atom. The summed E-state index contributed by atoms with van der Waals surface area (Å²) in [4.78, 5) is 63.3. The molecule has 0 bridgehead atoms. The number of pyridine rings is 1. The Morgan fingerprint density at radius 2 is 1.60 bits per heavy atom. The average molecular weight is 792 g/mol. The molecule has 2 aliphatic carbocycles. The summed E-state index contributed by atoms with van der Waals surface area (Å²) in [6, 6.07) is 19.8. The molecule has 282 valence electrons. The topological polar surface area (TPSA) is 140 Å². The zero-order chi connectivity index (χ0) is 39.0. The molecule has 3 aromatic carbocycles. The van der Waals surface area contributed by atoms with Crippen molar-refractivity contribution < 1.29 is 42.6 Å². The Kier molecular flexibility index (Phi) is 8.92. The van der Waals surface area contributed by atoms with E-state index in [9.17, 15) is 37.8 Å². The summed E-state index contributed by atoms with van der Waals surface area (Å²) in [5.41, 5.74) is 1.77. The number of hydrogen-bond donors (Lipinski definition) is 3. The van der Waals surface area contributed by atoms with Crippen molar-refractivity contribution >= 4 is 52.6 Å². The van der Waals surface area contributed by atoms with Gasteiger partial charge in [0.1, 0.15) is 11.5 Å². The number of nitrogens with zero attached hydrogens (tertiary/aromatic N) is 3. The minimum atomic E-state index is -4.75. The number of amides is 4. The molecular weight excluding hydrogens is 760 g/mol. The first-order valence-electron chi connectivity index (χ1n) is 17.5. The number of carbonyl (C=O) groups excluding carboxylic acids is 4. The number of para-hydroxylation sites is 1. The number of likely N-dealkylation sites (tertiary alicyclic amines) is 1. The van der Waals surface area contributed by atoms with E-state index in [1.807, 2.05) is 6.08 Å². The number of aromatic hydroxyl groups is 2. The number of rotatable bonds is 7. The van der Waals surface area contributed by atoms with Gasteiger partial charge in [-0.15, -0.1) is 0 Å². The van der Waals surface area contributed by atoms with Crippen LogP contribution in [0.25, 0.3) is 0 Å². The van der Waals surface area contributed by atoms with Gasteiger partial charge < -0.3 is 10.2 Å². The molecule has 8 rings (SSSR count). The smallest absolute Gasteiger partial charge is 0.417 e. The number of carbonyl (C=O) groups is 4. The van der Waals surface area contributed by atoms with Crippen molar-refractivity contribution in [1.29, 1.82) is 0 Å². The van der Waals surface area contributed by atoms with Gasteiger partial charge in [0.2, 0.25) is 11.8 Å². The van der Waals surface area contributed by atoms with Crippen LogP contribution >= 0.6 is 23.2 Å². The van der Waals surface area contributed by atoms with Gasteiger partial charge >= 0.3 is 6.18 Å². The lowest BCUT2D eigenvalue weighted by atomic mass is 9.49. The van der Waals surface area contributed by atoms with Crippen LogP contribution in [0.1, 0.15) is 41.0 Å². The van der Waals surface area contributed by atoms with Gasteiger partial charge in [0, 0.05) is 29.2 Å². The number of nitrogens with one attached hydrogen (secondary N) is 1. The molecule has 1 saturated carbocycles. The van der Waals surface area contributed by atoms with Crippen LogP contribution in [0.5, 0.6) is 11.5 Å². The highest BCUT2D eigenvalue weighted by Gasteiger charge is 2.70. The van der Waals surface area contributed by atoms with Gasteiger partial charge in [-0.1, -0.05) is 77.3 Å². The summed E-state index contributed by atoms with van der Waals surface area (Å²) in [7, 11) is 0. The fourth-order valence-corrected chi connectivity index (χ4v) is 9.38. The van der Waals surface area contributed by atoms with Crippen molar-refractivity contribution in [2.45, 2.75) is 36.8 Å². The number of anilines is 1. The maximum Gasteiger partial charge on any atom is 0.417 e. The van der Waals surface area contributed by atoms with Crippen LogP contribution in [0.3, 0.4) is 0 Å². The summed E-state index contributed by atoms with van der Waals surface area (Å²) < 4.78 is 40.4. The molecule has 3 heterocycles. The molecule has 1 aromatic heterocycles. The largest absolute Gasteiger partial charge is 0.508 e. The summed E-state index contributed by atoms with van der Waals surface area (Å²) in [6.07, 6.45) is -1.93. The second-order valence-corrected chi connectivity index (χ2v) is 15.1. The Hall–Kier alpha value is -5.40. The monoisotopic (exact) mass is 790 g/mol. The number of phenols is 2. The number of benzene rings is 3. The first-order valence-corrected chi connectivity index (χ1v) is 18.2. The van der Waals surface area contributed by atoms with Crippen molar-refractivity contribution in [3.63, 3.8) is 0 Å². The van der Waals surface area contributed by atoms with Gasteiger partial charge in [-0.25, -0.2) is 4.98 Å². The number of hydrazine groups is 1. The quantitative estimate of drug-likeness (QED) is 0.134. The highest BCUT2D eigenvalue weighted by molar-refractivity contribution is 6.33. The number of allylic oxidation sites excluding steroid dienone is 2. The summed E-state index contributed by atoms with van der Waals surface area (Å²) in [5.74, 6) is -7.36. The molecule has 0 radical (unpaired) electrons. The number of fused-ring (bicyclic) bond motifs is 4. The summed E-state index contributed by atoms with van der Waals surface area (Å²) >= 11 is 12.5. The molecule has 4 amide bonds. The van der Waals surface area contributed by atoms with Crippen LogP contribution < -0.4 is 5.43 Å². The third-order valence-corrected chi connectivity index (χ3v) is 12.0. The van der Waals surface area contributed by atoms with E-state index >= 15 is 4.79 Å². The Labute approximate surface area is 322 Å². The standard InChI is InChI=1S/C40H31Cl2F3N4O6/c41-23-9-7-21(8-10-23)39-29(36(53)49(38(39)55)47-34-30(42)17-22(19-46-34)40(43,44)45)18-28-25(33(39)26-3-1-2-4-31(26)51)13-14-27-32(28)37(54)48(35(27)52)16-15-20-5-11-24(50)12-6-20/h1-13,17,19,27-29,32-33,50-51H,14-16,18H2,(H,46,47)/t27-,28+,29-,32-,33+,39+/m0/s1. The second kappa shape index (κ2) is 13.4. The third kappa shape index (κ3) is 5.83. The van der Waals surface area contributed by atoms with Gasteiger partial charge in [0.05, 0.1) is 33.8 Å². The predicted molar refractivity (Wildman–Crippen MR) is 194 cm³/mol. The predicted octanol–water partition coefficient (Wildman–Crippen LogP) is 7.05. The zero-order valence-corrected chi connectivity index (χ0v) is 30.1. The number of alkyl halides is 3. The third-order valence-electron chi connectivity index (χ3n) is 11.5. The highest BCUT2D eigenvalue weighted by Crippen LogP contribution is 2.65. The first-order chi connectivity index (χ1) is 26.2. The number of aromatic nitrogens is 1. The van der Waals surface area contributed by atoms with Crippen molar-refractivity contribution in [3.05, 3.63) is 129 Å². The van der Waals surface area contributed by atoms with Crippen LogP contribution in [0.4, 0.5) is 19.0 Å². The van der Waals surface area contributed by atoms with Crippen LogP contribution in [-0.4, -0.2) is 55.3 Å². The molecule has 3 N–H and O–H groups in total. The van der Waals surface area contributed by atoms with Gasteiger partial charge in [0.15, 0.2) is 5.82 Å². The molecule has 2 aliphatic heterocycles. The van der Waals surface area contributed by atoms with E-state index in [0.29, 0.717) is 45.4 Å². The molecule has 4 aromatic rings. The lowest BCUT2D eigenvalue weighted by molar-refractivity contribution is -0.141. The molecule has 3 fully saturated rings. The van der Waals surface area contributed by atoms with Crippen LogP contribution in [0, 0.1) is 23.7 Å². The molecule has 6 atom stereocenters. The molecule has 55 heavy (non-hydrogen) atoms. The van der Waals surface area contributed by atoms with Crippen molar-refractivity contribution in [2.75, 3.05) is 12.0 Å². The first kappa shape index (κ1) is 36.6. The summed E-state index contributed by atoms with van der Waals surface area (Å²) in [6.45, 7) is 0.0918. The minimum Gasteiger partial charge on any atom is -0.508 e. The van der Waals surface area contributed by atoms with Gasteiger partial charge in [-0.3, -0.25) is 29.5 Å². The second-order valence-electron chi connectivity index (χ2n) is 14.2. The van der Waals surface area contributed by atoms with E-state index in [1.165, 1.54) is 23.1 Å². The Balaban J connectivity index is 1.25. The Bertz CT molecular complexity index is 2290. The number of imide groups is 2. The van der Waals surface area contributed by atoms with Crippen LogP contribution in [0.15, 0.2) is 96.7 Å². The minimum absolute atomic E-state index is 0.0541. The van der Waals surface area contributed by atoms with E-state index < -0.39 is 69.5 Å². The molecule has 2 saturated heterocycles. The maximum atomic E-state index is 15.2. The highest BCUT2D eigenvalue weighted by atomic mass is 35.5. The van der Waals surface area contributed by atoms with Gasteiger partial charge in [-0.2, -0.15) is 18.2 Å². The van der Waals surface area contributed by atoms with Crippen molar-refractivity contribution in [1.82, 2.24) is 14.9 Å². The molecule has 4 aliphatic rings. The molecule has 15 heteroatoms. The number of phenolic OH excluding ortho intramolecular Hbond substituents is 2. The van der Waals surface area contributed by atoms with E-state index in [4.69, 9.17) is 23.2 Å². The normalized spacial score (nSPS) is 26.1. The van der Waals surface area contributed by atoms with E-state index in [1.54, 1.807) is 54.6 Å². The lowest BCUT2D eigenvalue weighted by Crippen LogP contribution is -2.53. The van der Waals surface area contributed by atoms with Crippen molar-refractivity contribution in [3.8, 4) is 11.5 Å². The van der Waals surface area contributed by atoms with Crippen LogP contribution in [0.2, 0.25) is 10.0 Å². The fraction of sp³-hybridized carbons (Fsp3) is 0.275. The number of halogens is 5. The van der Waals surface area contributed by atoms with Crippen molar-refractivity contribution in [2.24, 2.45) is 23.7 Å². The lowest BCUT2D eigenvalue weighted by Gasteiger charge is -2.50. The van der Waals surface area contributed by atoms with Gasteiger partial charge in [-0.05, 0) is 72.7 Å². The number of hydrogen-bond acceptors (Lipinski definition) is 8. The molecule has 0 unspecified atom stereocenters. The SMILES string of the molecule is O=C1[C@H]2[C@H](CC=C3[C@H]2C[C@H]2C(=O)N(Nc4ncc(C(F)(F)F)cc4Cl)C(=O)[C@@]2(c2ccc(Cl)cc2)[C@H]3c2ccccc2O)C(=O)N1CCc1ccc(O)cc1. The zero-order valence-electron chi connectivity index (χ0n) is 28.6. The molecular formula is C40H31Cl2F3N4O6. The average Bonchev–Trinajstić information content (AvgIpc) is 3.52. The summed E-state index contributed by atoms with van der Waals surface area (Å²) in [5, 5.41) is 21.7. The van der Waals surface area contributed by atoms with Gasteiger partial charge in [0.25, 0.3) is 11.8 Å². The van der Waals surface area contributed by atoms with E-state index in [2.05, 4.69) is 10.4 Å². The fourth-order valence-electron chi connectivity index (χ4n) is 9.05. The molecule has 0 spiro atoms. The molecule has 10 nitrogen and oxygen atoms in total. The van der Waals surface area contributed by atoms with E-state index in [-0.39, 0.29) is 42.6 Å². The Morgan fingerprint density at radius 3 is 2.27 bits per heavy atom.